The molecular formula is C15H16N2OS. The molecule has 0 bridgehead atoms. The fourth-order valence-corrected chi connectivity index (χ4v) is 3.11. The topological polar surface area (TPSA) is 32.3 Å². The quantitative estimate of drug-likeness (QED) is 0.932. The van der Waals surface area contributed by atoms with Crippen molar-refractivity contribution in [3.63, 3.8) is 0 Å². The van der Waals surface area contributed by atoms with E-state index in [2.05, 4.69) is 22.8 Å². The zero-order chi connectivity index (χ0) is 13.2. The number of carbonyl (C=O) groups excluding carboxylic acids is 1. The van der Waals surface area contributed by atoms with Gasteiger partial charge >= 0.3 is 0 Å². The minimum absolute atomic E-state index is 0.124. The number of likely N-dealkylation sites (N-methyl/N-ethyl adjacent to an activating group) is 1. The molecular weight excluding hydrogens is 256 g/mol. The van der Waals surface area contributed by atoms with Gasteiger partial charge < -0.3 is 10.2 Å². The summed E-state index contributed by atoms with van der Waals surface area (Å²) in [5.41, 5.74) is 3.51. The molecule has 0 radical (unpaired) electrons. The number of nitrogens with zero attached hydrogens (tertiary/aromatic N) is 1. The van der Waals surface area contributed by atoms with Crippen molar-refractivity contribution in [2.75, 3.05) is 12.4 Å². The number of nitrogens with one attached hydrogen (secondary N) is 1. The number of hydrogen-bond acceptors (Lipinski definition) is 3. The van der Waals surface area contributed by atoms with Crippen molar-refractivity contribution >= 4 is 22.9 Å². The van der Waals surface area contributed by atoms with E-state index in [9.17, 15) is 4.79 Å². The minimum Gasteiger partial charge on any atom is -0.373 e. The first-order valence-corrected chi connectivity index (χ1v) is 7.29. The zero-order valence-electron chi connectivity index (χ0n) is 10.8. The van der Waals surface area contributed by atoms with Gasteiger partial charge in [-0.3, -0.25) is 4.79 Å². The summed E-state index contributed by atoms with van der Waals surface area (Å²) in [6.45, 7) is 0.677. The summed E-state index contributed by atoms with van der Waals surface area (Å²) in [5, 5.41) is 7.43. The molecule has 2 aromatic rings. The van der Waals surface area contributed by atoms with Crippen molar-refractivity contribution in [1.82, 2.24) is 4.90 Å². The van der Waals surface area contributed by atoms with Crippen LogP contribution in [0.3, 0.4) is 0 Å². The number of rotatable bonds is 3. The molecule has 0 saturated carbocycles. The number of amides is 1. The predicted octanol–water partition coefficient (Wildman–Crippen LogP) is 2.74. The van der Waals surface area contributed by atoms with Crippen LogP contribution in [0.2, 0.25) is 0 Å². The Morgan fingerprint density at radius 2 is 2.26 bits per heavy atom. The molecule has 0 aliphatic carbocycles. The molecule has 98 valence electrons. The van der Waals surface area contributed by atoms with E-state index in [1.54, 1.807) is 16.2 Å². The van der Waals surface area contributed by atoms with E-state index in [1.807, 2.05) is 30.6 Å². The number of anilines is 1. The van der Waals surface area contributed by atoms with Crippen molar-refractivity contribution < 1.29 is 4.79 Å². The average molecular weight is 272 g/mol. The Bertz CT molecular complexity index is 555. The van der Waals surface area contributed by atoms with Gasteiger partial charge in [0.05, 0.1) is 0 Å². The molecule has 0 unspecified atom stereocenters. The van der Waals surface area contributed by atoms with Crippen molar-refractivity contribution in [3.8, 4) is 0 Å². The smallest absolute Gasteiger partial charge is 0.245 e. The largest absolute Gasteiger partial charge is 0.373 e. The summed E-state index contributed by atoms with van der Waals surface area (Å²) < 4.78 is 0. The second-order valence-electron chi connectivity index (χ2n) is 4.88. The fourth-order valence-electron chi connectivity index (χ4n) is 2.45. The van der Waals surface area contributed by atoms with Crippen molar-refractivity contribution in [2.24, 2.45) is 0 Å². The molecule has 1 aromatic carbocycles. The molecule has 0 fully saturated rings. The Balaban J connectivity index is 1.66. The molecule has 3 rings (SSSR count). The number of para-hydroxylation sites is 1. The molecule has 1 aliphatic heterocycles. The molecule has 1 atom stereocenters. The van der Waals surface area contributed by atoms with Crippen molar-refractivity contribution in [2.45, 2.75) is 19.0 Å². The number of hydrogen-bond donors (Lipinski definition) is 1. The van der Waals surface area contributed by atoms with E-state index in [-0.39, 0.29) is 11.9 Å². The number of benzene rings is 1. The highest BCUT2D eigenvalue weighted by molar-refractivity contribution is 7.07. The Kier molecular flexibility index (Phi) is 3.25. The van der Waals surface area contributed by atoms with Gasteiger partial charge in [-0.15, -0.1) is 0 Å². The molecule has 3 nitrogen and oxygen atoms in total. The van der Waals surface area contributed by atoms with Crippen LogP contribution in [0.4, 0.5) is 5.69 Å². The van der Waals surface area contributed by atoms with Crippen LogP contribution in [0.25, 0.3) is 0 Å². The summed E-state index contributed by atoms with van der Waals surface area (Å²) in [5.74, 6) is 0.155. The van der Waals surface area contributed by atoms with E-state index in [1.165, 1.54) is 11.1 Å². The van der Waals surface area contributed by atoms with Crippen molar-refractivity contribution in [1.29, 1.82) is 0 Å². The van der Waals surface area contributed by atoms with Gasteiger partial charge in [0, 0.05) is 25.7 Å². The lowest BCUT2D eigenvalue weighted by atomic mass is 10.1. The van der Waals surface area contributed by atoms with E-state index in [0.717, 1.165) is 12.1 Å². The van der Waals surface area contributed by atoms with Gasteiger partial charge in [0.25, 0.3) is 0 Å². The lowest BCUT2D eigenvalue weighted by Crippen LogP contribution is -2.39. The second kappa shape index (κ2) is 5.05. The van der Waals surface area contributed by atoms with Gasteiger partial charge in [-0.25, -0.2) is 0 Å². The number of fused-ring (bicyclic) bond motifs is 1. The molecule has 0 saturated heterocycles. The Hall–Kier alpha value is -1.81. The standard InChI is InChI=1S/C15H16N2OS/c1-17(9-11-6-7-19-10-11)15(18)14-8-12-4-2-3-5-13(12)16-14/h2-7,10,14,16H,8-9H2,1H3/t14-/m0/s1. The van der Waals surface area contributed by atoms with E-state index in [4.69, 9.17) is 0 Å². The first-order chi connectivity index (χ1) is 9.24. The predicted molar refractivity (Wildman–Crippen MR) is 78.3 cm³/mol. The van der Waals surface area contributed by atoms with Gasteiger partial charge in [0.2, 0.25) is 5.91 Å². The third-order valence-corrected chi connectivity index (χ3v) is 4.18. The fraction of sp³-hybridized carbons (Fsp3) is 0.267. The zero-order valence-corrected chi connectivity index (χ0v) is 11.6. The SMILES string of the molecule is CN(Cc1ccsc1)C(=O)[C@@H]1Cc2ccccc2N1. The molecule has 1 N–H and O–H groups in total. The van der Waals surface area contributed by atoms with Crippen LogP contribution in [0.5, 0.6) is 0 Å². The second-order valence-corrected chi connectivity index (χ2v) is 5.66. The normalized spacial score (nSPS) is 16.8. The van der Waals surface area contributed by atoms with Crippen LogP contribution in [0.15, 0.2) is 41.1 Å². The lowest BCUT2D eigenvalue weighted by Gasteiger charge is -2.21. The summed E-state index contributed by atoms with van der Waals surface area (Å²) in [6, 6.07) is 10.1. The van der Waals surface area contributed by atoms with Gasteiger partial charge in [-0.2, -0.15) is 11.3 Å². The minimum atomic E-state index is -0.124. The van der Waals surface area contributed by atoms with Gasteiger partial charge in [0.1, 0.15) is 6.04 Å². The molecule has 1 amide bonds. The lowest BCUT2D eigenvalue weighted by molar-refractivity contribution is -0.131. The first-order valence-electron chi connectivity index (χ1n) is 6.34. The Morgan fingerprint density at radius 3 is 3.00 bits per heavy atom. The average Bonchev–Trinajstić information content (AvgIpc) is 3.05. The van der Waals surface area contributed by atoms with Crippen LogP contribution in [-0.2, 0) is 17.8 Å². The number of carbonyl (C=O) groups is 1. The van der Waals surface area contributed by atoms with Crippen LogP contribution >= 0.6 is 11.3 Å². The van der Waals surface area contributed by atoms with Gasteiger partial charge in [-0.1, -0.05) is 18.2 Å². The maximum Gasteiger partial charge on any atom is 0.245 e. The van der Waals surface area contributed by atoms with Crippen LogP contribution in [0, 0.1) is 0 Å². The molecule has 0 spiro atoms. The first kappa shape index (κ1) is 12.2. The molecule has 19 heavy (non-hydrogen) atoms. The maximum atomic E-state index is 12.4. The number of thiophene rings is 1. The monoisotopic (exact) mass is 272 g/mol. The van der Waals surface area contributed by atoms with Crippen LogP contribution in [0.1, 0.15) is 11.1 Å². The van der Waals surface area contributed by atoms with E-state index >= 15 is 0 Å². The van der Waals surface area contributed by atoms with Crippen LogP contribution in [-0.4, -0.2) is 23.9 Å². The summed E-state index contributed by atoms with van der Waals surface area (Å²) in [4.78, 5) is 14.2. The summed E-state index contributed by atoms with van der Waals surface area (Å²) >= 11 is 1.66. The van der Waals surface area contributed by atoms with E-state index < -0.39 is 0 Å². The highest BCUT2D eigenvalue weighted by Gasteiger charge is 2.28. The maximum absolute atomic E-state index is 12.4. The summed E-state index contributed by atoms with van der Waals surface area (Å²) in [6.07, 6.45) is 0.781. The molecule has 1 aromatic heterocycles. The highest BCUT2D eigenvalue weighted by Crippen LogP contribution is 2.26. The van der Waals surface area contributed by atoms with Crippen LogP contribution < -0.4 is 5.32 Å². The van der Waals surface area contributed by atoms with Gasteiger partial charge in [-0.05, 0) is 34.0 Å². The molecule has 4 heteroatoms. The molecule has 2 heterocycles. The Labute approximate surface area is 116 Å². The third-order valence-electron chi connectivity index (χ3n) is 3.45. The highest BCUT2D eigenvalue weighted by atomic mass is 32.1. The Morgan fingerprint density at radius 1 is 1.42 bits per heavy atom. The van der Waals surface area contributed by atoms with Gasteiger partial charge in [0.15, 0.2) is 0 Å². The van der Waals surface area contributed by atoms with E-state index in [0.29, 0.717) is 6.54 Å². The molecule has 1 aliphatic rings. The third kappa shape index (κ3) is 2.49. The van der Waals surface area contributed by atoms with Crippen molar-refractivity contribution in [3.05, 3.63) is 52.2 Å². The summed E-state index contributed by atoms with van der Waals surface area (Å²) in [7, 11) is 1.87.